The quantitative estimate of drug-likeness (QED) is 0.241. The van der Waals surface area contributed by atoms with Crippen molar-refractivity contribution in [2.75, 3.05) is 0 Å². The molecule has 0 aliphatic rings. The largest absolute Gasteiger partial charge is 0.256 e. The van der Waals surface area contributed by atoms with E-state index in [1.54, 1.807) is 12.1 Å². The smallest absolute Gasteiger partial charge is 0.123 e. The molecule has 0 aliphatic carbocycles. The first-order valence-electron chi connectivity index (χ1n) is 9.54. The summed E-state index contributed by atoms with van der Waals surface area (Å²) in [6.07, 6.45) is 3.72. The van der Waals surface area contributed by atoms with Crippen LogP contribution in [0.3, 0.4) is 0 Å². The molecule has 0 saturated carbocycles. The highest BCUT2D eigenvalue weighted by molar-refractivity contribution is 14.1. The zero-order valence-corrected chi connectivity index (χ0v) is 18.0. The summed E-state index contributed by atoms with van der Waals surface area (Å²) in [6.45, 7) is 0. The van der Waals surface area contributed by atoms with Crippen molar-refractivity contribution in [2.45, 2.75) is 0 Å². The Morgan fingerprint density at radius 2 is 1.23 bits per heavy atom. The Kier molecular flexibility index (Phi) is 5.01. The highest BCUT2D eigenvalue weighted by Gasteiger charge is 2.06. The van der Waals surface area contributed by atoms with Gasteiger partial charge in [-0.1, -0.05) is 30.3 Å². The summed E-state index contributed by atoms with van der Waals surface area (Å²) in [5.41, 5.74) is 7.02. The molecule has 5 rings (SSSR count). The number of fused-ring (bicyclic) bond motifs is 1. The van der Waals surface area contributed by atoms with E-state index in [4.69, 9.17) is 0 Å². The number of halogens is 2. The lowest BCUT2D eigenvalue weighted by molar-refractivity contribution is 0.628. The average molecular weight is 502 g/mol. The monoisotopic (exact) mass is 502 g/mol. The molecule has 0 unspecified atom stereocenters. The van der Waals surface area contributed by atoms with Gasteiger partial charge >= 0.3 is 0 Å². The third-order valence-corrected chi connectivity index (χ3v) is 5.82. The SMILES string of the molecule is Fc1ccc(-c2ccc(-c3cnc4cc(-c5ccc(I)cc5)ccc4c3)cn2)cc1. The third kappa shape index (κ3) is 3.83. The molecule has 0 radical (unpaired) electrons. The van der Waals surface area contributed by atoms with Crippen molar-refractivity contribution >= 4 is 33.5 Å². The van der Waals surface area contributed by atoms with E-state index in [0.29, 0.717) is 0 Å². The fourth-order valence-electron chi connectivity index (χ4n) is 3.46. The van der Waals surface area contributed by atoms with Gasteiger partial charge in [-0.3, -0.25) is 9.97 Å². The fraction of sp³-hybridized carbons (Fsp3) is 0. The molecule has 0 spiro atoms. The molecule has 2 aromatic heterocycles. The summed E-state index contributed by atoms with van der Waals surface area (Å²) in [4.78, 5) is 9.23. The molecule has 0 aliphatic heterocycles. The van der Waals surface area contributed by atoms with Gasteiger partial charge in [0.2, 0.25) is 0 Å². The van der Waals surface area contributed by atoms with E-state index in [2.05, 4.69) is 81.1 Å². The van der Waals surface area contributed by atoms with Crippen LogP contribution in [0.1, 0.15) is 0 Å². The number of pyridine rings is 2. The van der Waals surface area contributed by atoms with Crippen LogP contribution in [0.5, 0.6) is 0 Å². The minimum absolute atomic E-state index is 0.247. The predicted molar refractivity (Wildman–Crippen MR) is 129 cm³/mol. The van der Waals surface area contributed by atoms with Crippen LogP contribution in [-0.2, 0) is 0 Å². The second-order valence-electron chi connectivity index (χ2n) is 7.08. The van der Waals surface area contributed by atoms with E-state index in [9.17, 15) is 4.39 Å². The Hall–Kier alpha value is -3.12. The fourth-order valence-corrected chi connectivity index (χ4v) is 3.82. The minimum atomic E-state index is -0.247. The van der Waals surface area contributed by atoms with Crippen molar-refractivity contribution < 1.29 is 4.39 Å². The Balaban J connectivity index is 1.45. The summed E-state index contributed by atoms with van der Waals surface area (Å²) in [5, 5.41) is 1.09. The molecular weight excluding hydrogens is 486 g/mol. The molecule has 0 amide bonds. The van der Waals surface area contributed by atoms with Gasteiger partial charge in [-0.25, -0.2) is 4.39 Å². The molecule has 0 N–H and O–H groups in total. The zero-order chi connectivity index (χ0) is 20.5. The number of nitrogens with zero attached hydrogens (tertiary/aromatic N) is 2. The van der Waals surface area contributed by atoms with E-state index in [0.717, 1.165) is 38.9 Å². The van der Waals surface area contributed by atoms with E-state index in [1.807, 2.05) is 24.5 Å². The maximum atomic E-state index is 13.1. The van der Waals surface area contributed by atoms with Crippen molar-refractivity contribution in [3.8, 4) is 33.5 Å². The lowest BCUT2D eigenvalue weighted by atomic mass is 10.0. The average Bonchev–Trinajstić information content (AvgIpc) is 2.79. The first kappa shape index (κ1) is 18.9. The first-order chi connectivity index (χ1) is 14.7. The molecule has 4 heteroatoms. The molecule has 30 heavy (non-hydrogen) atoms. The number of benzene rings is 3. The molecule has 3 aromatic carbocycles. The molecule has 0 bridgehead atoms. The summed E-state index contributed by atoms with van der Waals surface area (Å²) in [5.74, 6) is -0.247. The molecule has 0 saturated heterocycles. The summed E-state index contributed by atoms with van der Waals surface area (Å²) in [7, 11) is 0. The minimum Gasteiger partial charge on any atom is -0.256 e. The van der Waals surface area contributed by atoms with Gasteiger partial charge < -0.3 is 0 Å². The van der Waals surface area contributed by atoms with Gasteiger partial charge in [-0.05, 0) is 88.3 Å². The van der Waals surface area contributed by atoms with Crippen LogP contribution in [0.2, 0.25) is 0 Å². The Bertz CT molecular complexity index is 1330. The van der Waals surface area contributed by atoms with Crippen LogP contribution in [0, 0.1) is 9.39 Å². The molecule has 2 heterocycles. The second-order valence-corrected chi connectivity index (χ2v) is 8.32. The van der Waals surface area contributed by atoms with E-state index in [-0.39, 0.29) is 5.82 Å². The molecule has 144 valence electrons. The Labute approximate surface area is 187 Å². The Morgan fingerprint density at radius 1 is 0.567 bits per heavy atom. The molecule has 0 fully saturated rings. The number of aromatic nitrogens is 2. The third-order valence-electron chi connectivity index (χ3n) is 5.10. The predicted octanol–water partition coefficient (Wildman–Crippen LogP) is 7.37. The number of rotatable bonds is 3. The number of hydrogen-bond acceptors (Lipinski definition) is 2. The standard InChI is InChI=1S/C26H16FIN2/c27-23-8-3-18(4-9-23)25-12-7-21(15-29-25)22-13-20-2-1-19(14-26(20)30-16-22)17-5-10-24(28)11-6-17/h1-16H. The van der Waals surface area contributed by atoms with Crippen molar-refractivity contribution in [3.63, 3.8) is 0 Å². The normalized spacial score (nSPS) is 11.0. The van der Waals surface area contributed by atoms with Crippen molar-refractivity contribution in [3.05, 3.63) is 107 Å². The second kappa shape index (κ2) is 7.95. The molecule has 5 aromatic rings. The van der Waals surface area contributed by atoms with Gasteiger partial charge in [0, 0.05) is 38.0 Å². The molecule has 0 atom stereocenters. The van der Waals surface area contributed by atoms with Crippen molar-refractivity contribution in [1.29, 1.82) is 0 Å². The van der Waals surface area contributed by atoms with Crippen LogP contribution >= 0.6 is 22.6 Å². The van der Waals surface area contributed by atoms with Crippen LogP contribution in [0.15, 0.2) is 97.3 Å². The van der Waals surface area contributed by atoms with E-state index in [1.165, 1.54) is 21.3 Å². The van der Waals surface area contributed by atoms with Gasteiger partial charge in [0.05, 0.1) is 11.2 Å². The zero-order valence-electron chi connectivity index (χ0n) is 15.9. The van der Waals surface area contributed by atoms with E-state index < -0.39 is 0 Å². The maximum absolute atomic E-state index is 13.1. The van der Waals surface area contributed by atoms with Crippen molar-refractivity contribution in [1.82, 2.24) is 9.97 Å². The number of hydrogen-bond donors (Lipinski definition) is 0. The lowest BCUT2D eigenvalue weighted by Crippen LogP contribution is -1.88. The highest BCUT2D eigenvalue weighted by Crippen LogP contribution is 2.28. The van der Waals surface area contributed by atoms with Gasteiger partial charge in [0.1, 0.15) is 5.82 Å². The Morgan fingerprint density at radius 3 is 1.97 bits per heavy atom. The molecular formula is C26H16FIN2. The van der Waals surface area contributed by atoms with Crippen LogP contribution < -0.4 is 0 Å². The lowest BCUT2D eigenvalue weighted by Gasteiger charge is -2.07. The van der Waals surface area contributed by atoms with Gasteiger partial charge in [-0.15, -0.1) is 0 Å². The maximum Gasteiger partial charge on any atom is 0.123 e. The van der Waals surface area contributed by atoms with E-state index >= 15 is 0 Å². The first-order valence-corrected chi connectivity index (χ1v) is 10.6. The highest BCUT2D eigenvalue weighted by atomic mass is 127. The van der Waals surface area contributed by atoms with Crippen LogP contribution in [-0.4, -0.2) is 9.97 Å². The van der Waals surface area contributed by atoms with Crippen LogP contribution in [0.4, 0.5) is 4.39 Å². The summed E-state index contributed by atoms with van der Waals surface area (Å²) >= 11 is 2.31. The summed E-state index contributed by atoms with van der Waals surface area (Å²) in [6, 6.07) is 27.3. The summed E-state index contributed by atoms with van der Waals surface area (Å²) < 4.78 is 14.3. The van der Waals surface area contributed by atoms with Crippen LogP contribution in [0.25, 0.3) is 44.4 Å². The topological polar surface area (TPSA) is 25.8 Å². The van der Waals surface area contributed by atoms with Crippen molar-refractivity contribution in [2.24, 2.45) is 0 Å². The van der Waals surface area contributed by atoms with Gasteiger partial charge in [-0.2, -0.15) is 0 Å². The van der Waals surface area contributed by atoms with Gasteiger partial charge in [0.15, 0.2) is 0 Å². The molecule has 2 nitrogen and oxygen atoms in total. The van der Waals surface area contributed by atoms with Gasteiger partial charge in [0.25, 0.3) is 0 Å².